The Morgan fingerprint density at radius 2 is 1.90 bits per heavy atom. The Bertz CT molecular complexity index is 405. The second-order valence-electron chi connectivity index (χ2n) is 5.09. The third kappa shape index (κ3) is 4.12. The molecule has 1 fully saturated rings. The molecule has 1 aromatic carbocycles. The van der Waals surface area contributed by atoms with Gasteiger partial charge in [-0.2, -0.15) is 0 Å². The smallest absolute Gasteiger partial charge is 0.236 e. The summed E-state index contributed by atoms with van der Waals surface area (Å²) >= 11 is 0. The van der Waals surface area contributed by atoms with Crippen LogP contribution in [0, 0.1) is 0 Å². The molecule has 1 aliphatic heterocycles. The van der Waals surface area contributed by atoms with Gasteiger partial charge in [-0.05, 0) is 32.0 Å². The van der Waals surface area contributed by atoms with E-state index >= 15 is 0 Å². The first-order valence-corrected chi connectivity index (χ1v) is 6.92. The van der Waals surface area contributed by atoms with Crippen LogP contribution in [0.25, 0.3) is 0 Å². The van der Waals surface area contributed by atoms with Crippen LogP contribution in [0.5, 0.6) is 0 Å². The zero-order chi connectivity index (χ0) is 13.7. The largest absolute Gasteiger partial charge is 0.371 e. The number of amides is 1. The molecular weight excluding hydrogens is 274 g/mol. The molecule has 0 bridgehead atoms. The number of rotatable bonds is 4. The summed E-state index contributed by atoms with van der Waals surface area (Å²) in [6.45, 7) is 2.17. The highest BCUT2D eigenvalue weighted by Crippen LogP contribution is 2.21. The van der Waals surface area contributed by atoms with Crippen molar-refractivity contribution in [2.24, 2.45) is 0 Å². The number of piperidine rings is 1. The number of nitrogens with zero attached hydrogens (tertiary/aromatic N) is 2. The molecule has 1 saturated heterocycles. The molecule has 1 N–H and O–H groups in total. The maximum atomic E-state index is 11.8. The van der Waals surface area contributed by atoms with Gasteiger partial charge in [0.15, 0.2) is 0 Å². The molecule has 1 aromatic rings. The minimum absolute atomic E-state index is 0. The highest BCUT2D eigenvalue weighted by atomic mass is 35.5. The zero-order valence-corrected chi connectivity index (χ0v) is 13.0. The molecule has 0 spiro atoms. The van der Waals surface area contributed by atoms with Gasteiger partial charge in [0.2, 0.25) is 5.91 Å². The molecule has 20 heavy (non-hydrogen) atoms. The maximum Gasteiger partial charge on any atom is 0.236 e. The molecular formula is C15H24ClN3O. The van der Waals surface area contributed by atoms with Gasteiger partial charge in [0.1, 0.15) is 0 Å². The number of anilines is 1. The number of carbonyl (C=O) groups excluding carboxylic acids is 1. The minimum Gasteiger partial charge on any atom is -0.371 e. The van der Waals surface area contributed by atoms with Gasteiger partial charge >= 0.3 is 0 Å². The van der Waals surface area contributed by atoms with Crippen LogP contribution < -0.4 is 10.2 Å². The normalized spacial score (nSPS) is 15.6. The van der Waals surface area contributed by atoms with Crippen molar-refractivity contribution in [1.82, 2.24) is 10.2 Å². The van der Waals surface area contributed by atoms with Crippen LogP contribution in [0.1, 0.15) is 12.8 Å². The molecule has 2 rings (SSSR count). The van der Waals surface area contributed by atoms with Gasteiger partial charge in [0, 0.05) is 31.9 Å². The molecule has 5 heteroatoms. The average molecular weight is 298 g/mol. The maximum absolute atomic E-state index is 11.8. The molecule has 0 unspecified atom stereocenters. The standard InChI is InChI=1S/C15H23N3O.ClH/c1-16-12-15(19)18-10-8-14(9-11-18)17(2)13-6-4-3-5-7-13;/h3-7,14,16H,8-12H2,1-2H3;1H. The molecule has 1 heterocycles. The molecule has 0 radical (unpaired) electrons. The van der Waals surface area contributed by atoms with Gasteiger partial charge in [0.25, 0.3) is 0 Å². The zero-order valence-electron chi connectivity index (χ0n) is 12.2. The van der Waals surface area contributed by atoms with Crippen LogP contribution in [0.15, 0.2) is 30.3 Å². The molecule has 0 saturated carbocycles. The summed E-state index contributed by atoms with van der Waals surface area (Å²) in [4.78, 5) is 16.1. The summed E-state index contributed by atoms with van der Waals surface area (Å²) in [5.74, 6) is 0.211. The fraction of sp³-hybridized carbons (Fsp3) is 0.533. The highest BCUT2D eigenvalue weighted by Gasteiger charge is 2.24. The van der Waals surface area contributed by atoms with Gasteiger partial charge < -0.3 is 15.1 Å². The van der Waals surface area contributed by atoms with E-state index in [0.29, 0.717) is 12.6 Å². The SMILES string of the molecule is CNCC(=O)N1CCC(N(C)c2ccccc2)CC1.Cl. The Balaban J connectivity index is 0.00000200. The summed E-state index contributed by atoms with van der Waals surface area (Å²) in [7, 11) is 3.96. The number of para-hydroxylation sites is 1. The van der Waals surface area contributed by atoms with Crippen LogP contribution in [-0.4, -0.2) is 50.6 Å². The third-order valence-corrected chi connectivity index (χ3v) is 3.86. The van der Waals surface area contributed by atoms with E-state index in [9.17, 15) is 4.79 Å². The van der Waals surface area contributed by atoms with Gasteiger partial charge in [-0.1, -0.05) is 18.2 Å². The lowest BCUT2D eigenvalue weighted by Gasteiger charge is -2.37. The van der Waals surface area contributed by atoms with E-state index in [4.69, 9.17) is 0 Å². The van der Waals surface area contributed by atoms with E-state index in [1.807, 2.05) is 18.0 Å². The molecule has 0 aromatic heterocycles. The van der Waals surface area contributed by atoms with E-state index in [-0.39, 0.29) is 18.3 Å². The lowest BCUT2D eigenvalue weighted by atomic mass is 10.0. The number of likely N-dealkylation sites (N-methyl/N-ethyl adjacent to an activating group) is 1. The van der Waals surface area contributed by atoms with Crippen molar-refractivity contribution in [1.29, 1.82) is 0 Å². The number of likely N-dealkylation sites (tertiary alicyclic amines) is 1. The molecule has 1 amide bonds. The Labute approximate surface area is 127 Å². The lowest BCUT2D eigenvalue weighted by molar-refractivity contribution is -0.131. The van der Waals surface area contributed by atoms with Crippen LogP contribution >= 0.6 is 12.4 Å². The van der Waals surface area contributed by atoms with Crippen LogP contribution in [0.4, 0.5) is 5.69 Å². The summed E-state index contributed by atoms with van der Waals surface area (Å²) in [6.07, 6.45) is 2.09. The average Bonchev–Trinajstić information content (AvgIpc) is 2.48. The Hall–Kier alpha value is -1.26. The number of carbonyl (C=O) groups is 1. The molecule has 4 nitrogen and oxygen atoms in total. The monoisotopic (exact) mass is 297 g/mol. The van der Waals surface area contributed by atoms with Crippen molar-refractivity contribution in [3.8, 4) is 0 Å². The van der Waals surface area contributed by atoms with Gasteiger partial charge in [0.05, 0.1) is 6.54 Å². The second-order valence-corrected chi connectivity index (χ2v) is 5.09. The van der Waals surface area contributed by atoms with Crippen molar-refractivity contribution in [2.45, 2.75) is 18.9 Å². The van der Waals surface area contributed by atoms with Gasteiger partial charge in [-0.3, -0.25) is 4.79 Å². The summed E-state index contributed by atoms with van der Waals surface area (Å²) < 4.78 is 0. The number of hydrogen-bond donors (Lipinski definition) is 1. The quantitative estimate of drug-likeness (QED) is 0.920. The number of halogens is 1. The second kappa shape index (κ2) is 8.12. The first kappa shape index (κ1) is 16.8. The van der Waals surface area contributed by atoms with Gasteiger partial charge in [-0.15, -0.1) is 12.4 Å². The lowest BCUT2D eigenvalue weighted by Crippen LogP contribution is -2.47. The van der Waals surface area contributed by atoms with E-state index in [1.165, 1.54) is 5.69 Å². The first-order chi connectivity index (χ1) is 9.22. The fourth-order valence-corrected chi connectivity index (χ4v) is 2.64. The number of nitrogens with one attached hydrogen (secondary N) is 1. The third-order valence-electron chi connectivity index (χ3n) is 3.86. The van der Waals surface area contributed by atoms with E-state index in [2.05, 4.69) is 41.5 Å². The molecule has 1 aliphatic rings. The Kier molecular flexibility index (Phi) is 6.82. The molecule has 0 aliphatic carbocycles. The van der Waals surface area contributed by atoms with Gasteiger partial charge in [-0.25, -0.2) is 0 Å². The number of hydrogen-bond acceptors (Lipinski definition) is 3. The van der Waals surface area contributed by atoms with Crippen molar-refractivity contribution in [3.05, 3.63) is 30.3 Å². The summed E-state index contributed by atoms with van der Waals surface area (Å²) in [5, 5.41) is 2.92. The predicted octanol–water partition coefficient (Wildman–Crippen LogP) is 1.75. The van der Waals surface area contributed by atoms with E-state index in [1.54, 1.807) is 0 Å². The predicted molar refractivity (Wildman–Crippen MR) is 85.6 cm³/mol. The Morgan fingerprint density at radius 1 is 1.30 bits per heavy atom. The topological polar surface area (TPSA) is 35.6 Å². The first-order valence-electron chi connectivity index (χ1n) is 6.92. The van der Waals surface area contributed by atoms with E-state index in [0.717, 1.165) is 25.9 Å². The van der Waals surface area contributed by atoms with Crippen molar-refractivity contribution in [2.75, 3.05) is 38.6 Å². The summed E-state index contributed by atoms with van der Waals surface area (Å²) in [6, 6.07) is 11.0. The highest BCUT2D eigenvalue weighted by molar-refractivity contribution is 5.85. The molecule has 0 atom stereocenters. The van der Waals surface area contributed by atoms with Crippen LogP contribution in [0.2, 0.25) is 0 Å². The fourth-order valence-electron chi connectivity index (χ4n) is 2.64. The van der Waals surface area contributed by atoms with Crippen molar-refractivity contribution < 1.29 is 4.79 Å². The number of benzene rings is 1. The minimum atomic E-state index is 0. The summed E-state index contributed by atoms with van der Waals surface area (Å²) in [5.41, 5.74) is 1.25. The van der Waals surface area contributed by atoms with Crippen LogP contribution in [0.3, 0.4) is 0 Å². The Morgan fingerprint density at radius 3 is 2.45 bits per heavy atom. The van der Waals surface area contributed by atoms with Crippen LogP contribution in [-0.2, 0) is 4.79 Å². The van der Waals surface area contributed by atoms with E-state index < -0.39 is 0 Å². The van der Waals surface area contributed by atoms with Crippen molar-refractivity contribution in [3.63, 3.8) is 0 Å². The van der Waals surface area contributed by atoms with Crippen molar-refractivity contribution >= 4 is 24.0 Å². The molecule has 112 valence electrons.